The fraction of sp³-hybridized carbons (Fsp3) is 0.300. The smallest absolute Gasteiger partial charge is 0.331 e. The average Bonchev–Trinajstić information content (AvgIpc) is 2.60. The number of alkyl halides is 3. The maximum absolute atomic E-state index is 12.4. The summed E-state index contributed by atoms with van der Waals surface area (Å²) in [5, 5.41) is 0.475. The molecule has 0 amide bonds. The first-order valence-electron chi connectivity index (χ1n) is 4.74. The van der Waals surface area contributed by atoms with Gasteiger partial charge < -0.3 is 10.3 Å². The molecule has 0 unspecified atom stereocenters. The molecule has 0 aliphatic carbocycles. The van der Waals surface area contributed by atoms with Gasteiger partial charge in [0.15, 0.2) is 0 Å². The zero-order valence-corrected chi connectivity index (χ0v) is 8.33. The second-order valence-corrected chi connectivity index (χ2v) is 3.43. The number of fused-ring (bicyclic) bond motifs is 1. The summed E-state index contributed by atoms with van der Waals surface area (Å²) in [6, 6.07) is 2.70. The van der Waals surface area contributed by atoms with E-state index in [4.69, 9.17) is 5.73 Å². The van der Waals surface area contributed by atoms with Gasteiger partial charge in [-0.1, -0.05) is 0 Å². The molecule has 0 aliphatic rings. The van der Waals surface area contributed by atoms with Gasteiger partial charge in [0.2, 0.25) is 0 Å². The Hall–Kier alpha value is -1.56. The lowest BCUT2D eigenvalue weighted by Gasteiger charge is -2.06. The van der Waals surface area contributed by atoms with E-state index in [-0.39, 0.29) is 0 Å². The van der Waals surface area contributed by atoms with Crippen LogP contribution in [0.15, 0.2) is 24.5 Å². The molecule has 2 aromatic rings. The molecule has 2 rings (SSSR count). The largest absolute Gasteiger partial charge is 0.417 e. The van der Waals surface area contributed by atoms with Crippen LogP contribution in [-0.2, 0) is 12.7 Å². The molecule has 2 heterocycles. The van der Waals surface area contributed by atoms with Gasteiger partial charge in [-0.15, -0.1) is 0 Å². The fourth-order valence-corrected chi connectivity index (χ4v) is 1.55. The summed E-state index contributed by atoms with van der Waals surface area (Å²) in [6.07, 6.45) is -1.82. The monoisotopic (exact) mass is 229 g/mol. The second kappa shape index (κ2) is 3.79. The first-order valence-corrected chi connectivity index (χ1v) is 4.74. The highest BCUT2D eigenvalue weighted by molar-refractivity contribution is 5.76. The number of nitrogens with two attached hydrogens (primary N) is 1. The van der Waals surface area contributed by atoms with Crippen LogP contribution in [0.3, 0.4) is 0 Å². The van der Waals surface area contributed by atoms with Crippen molar-refractivity contribution in [1.82, 2.24) is 9.55 Å². The molecule has 0 saturated carbocycles. The van der Waals surface area contributed by atoms with Crippen molar-refractivity contribution in [2.24, 2.45) is 5.73 Å². The zero-order chi connectivity index (χ0) is 11.8. The van der Waals surface area contributed by atoms with Crippen molar-refractivity contribution in [2.45, 2.75) is 12.7 Å². The van der Waals surface area contributed by atoms with Crippen molar-refractivity contribution >= 4 is 11.0 Å². The van der Waals surface area contributed by atoms with Crippen LogP contribution in [0.1, 0.15) is 5.56 Å². The summed E-state index contributed by atoms with van der Waals surface area (Å²) in [6.45, 7) is 0.967. The lowest BCUT2D eigenvalue weighted by molar-refractivity contribution is -0.137. The minimum Gasteiger partial charge on any atom is -0.331 e. The van der Waals surface area contributed by atoms with Crippen LogP contribution in [0.2, 0.25) is 0 Å². The standard InChI is InChI=1S/C10H10F3N3/c11-10(12,13)8-5-7-1-3-16(4-2-14)9(7)15-6-8/h1,3,5-6H,2,4,14H2. The number of hydrogen-bond donors (Lipinski definition) is 1. The van der Waals surface area contributed by atoms with Gasteiger partial charge in [0.1, 0.15) is 5.65 Å². The predicted molar refractivity (Wildman–Crippen MR) is 53.8 cm³/mol. The van der Waals surface area contributed by atoms with E-state index < -0.39 is 11.7 Å². The Labute approximate surface area is 89.7 Å². The third-order valence-corrected chi connectivity index (χ3v) is 2.30. The summed E-state index contributed by atoms with van der Waals surface area (Å²) >= 11 is 0. The molecule has 16 heavy (non-hydrogen) atoms. The summed E-state index contributed by atoms with van der Waals surface area (Å²) in [7, 11) is 0. The third-order valence-electron chi connectivity index (χ3n) is 2.30. The Morgan fingerprint density at radius 3 is 2.75 bits per heavy atom. The minimum absolute atomic E-state index is 0.423. The average molecular weight is 229 g/mol. The van der Waals surface area contributed by atoms with Gasteiger partial charge in [-0.2, -0.15) is 13.2 Å². The van der Waals surface area contributed by atoms with Gasteiger partial charge in [-0.05, 0) is 12.1 Å². The van der Waals surface area contributed by atoms with E-state index in [1.165, 1.54) is 0 Å². The van der Waals surface area contributed by atoms with E-state index in [1.807, 2.05) is 0 Å². The van der Waals surface area contributed by atoms with E-state index in [0.29, 0.717) is 24.1 Å². The summed E-state index contributed by atoms with van der Waals surface area (Å²) in [4.78, 5) is 3.81. The number of nitrogens with zero attached hydrogens (tertiary/aromatic N) is 2. The highest BCUT2D eigenvalue weighted by atomic mass is 19.4. The van der Waals surface area contributed by atoms with Crippen LogP contribution < -0.4 is 5.73 Å². The minimum atomic E-state index is -4.35. The zero-order valence-electron chi connectivity index (χ0n) is 8.33. The Kier molecular flexibility index (Phi) is 2.59. The quantitative estimate of drug-likeness (QED) is 0.856. The van der Waals surface area contributed by atoms with Crippen LogP contribution in [0.25, 0.3) is 11.0 Å². The molecule has 0 aliphatic heterocycles. The normalized spacial score (nSPS) is 12.2. The molecule has 86 valence electrons. The molecule has 0 aromatic carbocycles. The Balaban J connectivity index is 2.49. The molecule has 0 bridgehead atoms. The highest BCUT2D eigenvalue weighted by Crippen LogP contribution is 2.30. The summed E-state index contributed by atoms with van der Waals surface area (Å²) in [5.74, 6) is 0. The van der Waals surface area contributed by atoms with Gasteiger partial charge in [-0.3, -0.25) is 0 Å². The lowest BCUT2D eigenvalue weighted by atomic mass is 10.2. The number of aromatic nitrogens is 2. The molecule has 0 fully saturated rings. The lowest BCUT2D eigenvalue weighted by Crippen LogP contribution is -2.10. The highest BCUT2D eigenvalue weighted by Gasteiger charge is 2.31. The van der Waals surface area contributed by atoms with Crippen molar-refractivity contribution in [3.63, 3.8) is 0 Å². The van der Waals surface area contributed by atoms with E-state index in [1.54, 1.807) is 16.8 Å². The van der Waals surface area contributed by atoms with Crippen LogP contribution >= 0.6 is 0 Å². The molecular formula is C10H10F3N3. The molecule has 0 atom stereocenters. The SMILES string of the molecule is NCCn1ccc2cc(C(F)(F)F)cnc21. The van der Waals surface area contributed by atoms with Crippen LogP contribution in [0, 0.1) is 0 Å². The van der Waals surface area contributed by atoms with E-state index in [2.05, 4.69) is 4.98 Å². The molecular weight excluding hydrogens is 219 g/mol. The van der Waals surface area contributed by atoms with E-state index >= 15 is 0 Å². The van der Waals surface area contributed by atoms with Crippen LogP contribution in [0.4, 0.5) is 13.2 Å². The maximum Gasteiger partial charge on any atom is 0.417 e. The first-order chi connectivity index (χ1) is 7.52. The fourth-order valence-electron chi connectivity index (χ4n) is 1.55. The molecule has 2 aromatic heterocycles. The molecule has 6 heteroatoms. The van der Waals surface area contributed by atoms with Gasteiger partial charge >= 0.3 is 6.18 Å². The van der Waals surface area contributed by atoms with Crippen molar-refractivity contribution in [3.8, 4) is 0 Å². The van der Waals surface area contributed by atoms with Gasteiger partial charge in [0.05, 0.1) is 5.56 Å². The first kappa shape index (κ1) is 10.9. The van der Waals surface area contributed by atoms with Gasteiger partial charge in [0, 0.05) is 30.9 Å². The molecule has 3 nitrogen and oxygen atoms in total. The second-order valence-electron chi connectivity index (χ2n) is 3.43. The maximum atomic E-state index is 12.4. The Morgan fingerprint density at radius 1 is 1.38 bits per heavy atom. The number of pyridine rings is 1. The van der Waals surface area contributed by atoms with E-state index in [9.17, 15) is 13.2 Å². The summed E-state index contributed by atoms with van der Waals surface area (Å²) < 4.78 is 38.9. The van der Waals surface area contributed by atoms with E-state index in [0.717, 1.165) is 12.3 Å². The topological polar surface area (TPSA) is 43.8 Å². The Morgan fingerprint density at radius 2 is 2.12 bits per heavy atom. The van der Waals surface area contributed by atoms with Gasteiger partial charge in [-0.25, -0.2) is 4.98 Å². The number of hydrogen-bond acceptors (Lipinski definition) is 2. The van der Waals surface area contributed by atoms with Crippen molar-refractivity contribution in [1.29, 1.82) is 0 Å². The van der Waals surface area contributed by atoms with Gasteiger partial charge in [0.25, 0.3) is 0 Å². The Bertz CT molecular complexity index is 501. The number of halogens is 3. The predicted octanol–water partition coefficient (Wildman–Crippen LogP) is 2.01. The third kappa shape index (κ3) is 1.88. The molecule has 0 spiro atoms. The molecule has 0 radical (unpaired) electrons. The van der Waals surface area contributed by atoms with Crippen LogP contribution in [0.5, 0.6) is 0 Å². The summed E-state index contributed by atoms with van der Waals surface area (Å²) in [5.41, 5.74) is 5.18. The number of rotatable bonds is 2. The van der Waals surface area contributed by atoms with Crippen molar-refractivity contribution < 1.29 is 13.2 Å². The van der Waals surface area contributed by atoms with Crippen molar-refractivity contribution in [2.75, 3.05) is 6.54 Å². The van der Waals surface area contributed by atoms with Crippen LogP contribution in [-0.4, -0.2) is 16.1 Å². The molecule has 0 saturated heterocycles. The van der Waals surface area contributed by atoms with Crippen molar-refractivity contribution in [3.05, 3.63) is 30.1 Å². The molecule has 2 N–H and O–H groups in total.